The Labute approximate surface area is 171 Å². The summed E-state index contributed by atoms with van der Waals surface area (Å²) in [5.41, 5.74) is 0.989. The zero-order chi connectivity index (χ0) is 19.3. The van der Waals surface area contributed by atoms with Crippen molar-refractivity contribution >= 4 is 17.7 Å². The van der Waals surface area contributed by atoms with Gasteiger partial charge in [-0.25, -0.2) is 0 Å². The Balaban J connectivity index is 1.53. The summed E-state index contributed by atoms with van der Waals surface area (Å²) in [6.45, 7) is 4.00. The average Bonchev–Trinajstić information content (AvgIpc) is 3.17. The van der Waals surface area contributed by atoms with E-state index in [1.807, 2.05) is 23.2 Å². The molecule has 3 heterocycles. The van der Waals surface area contributed by atoms with Crippen LogP contribution in [0.4, 0.5) is 0 Å². The smallest absolute Gasteiger partial charge is 0.233 e. The van der Waals surface area contributed by atoms with Crippen LogP contribution in [0.5, 0.6) is 0 Å². The van der Waals surface area contributed by atoms with Crippen LogP contribution in [0.15, 0.2) is 29.7 Å². The van der Waals surface area contributed by atoms with Crippen molar-refractivity contribution in [3.8, 4) is 11.4 Å². The number of carbonyl (C=O) groups is 1. The van der Waals surface area contributed by atoms with Crippen molar-refractivity contribution in [3.05, 3.63) is 24.5 Å². The molecule has 0 unspecified atom stereocenters. The summed E-state index contributed by atoms with van der Waals surface area (Å²) >= 11 is 1.54. The highest BCUT2D eigenvalue weighted by molar-refractivity contribution is 7.99. The number of hydrogen-bond donors (Lipinski definition) is 0. The van der Waals surface area contributed by atoms with Gasteiger partial charge in [-0.2, -0.15) is 0 Å². The van der Waals surface area contributed by atoms with E-state index in [1.165, 1.54) is 37.4 Å². The van der Waals surface area contributed by atoms with Crippen molar-refractivity contribution in [1.82, 2.24) is 24.6 Å². The fraction of sp³-hybridized carbons (Fsp3) is 0.619. The van der Waals surface area contributed by atoms with Gasteiger partial charge in [-0.15, -0.1) is 10.2 Å². The highest BCUT2D eigenvalue weighted by atomic mass is 32.2. The van der Waals surface area contributed by atoms with Gasteiger partial charge in [0.15, 0.2) is 11.0 Å². The summed E-state index contributed by atoms with van der Waals surface area (Å²) in [4.78, 5) is 19.0. The SMILES string of the molecule is C[C@@H]1CCCN(C(=O)CSc2nnc(-c3cccnc3)n2C2CCCCC2)C1. The minimum absolute atomic E-state index is 0.220. The zero-order valence-electron chi connectivity index (χ0n) is 16.6. The third-order valence-electron chi connectivity index (χ3n) is 5.86. The van der Waals surface area contributed by atoms with Crippen LogP contribution in [-0.2, 0) is 4.79 Å². The molecule has 4 rings (SSSR count). The lowest BCUT2D eigenvalue weighted by atomic mass is 9.95. The Hall–Kier alpha value is -1.89. The number of nitrogens with zero attached hydrogens (tertiary/aromatic N) is 5. The molecule has 28 heavy (non-hydrogen) atoms. The Kier molecular flexibility index (Phi) is 6.29. The van der Waals surface area contributed by atoms with Gasteiger partial charge in [-0.05, 0) is 43.7 Å². The fourth-order valence-electron chi connectivity index (χ4n) is 4.37. The van der Waals surface area contributed by atoms with Crippen LogP contribution in [-0.4, -0.2) is 49.4 Å². The van der Waals surface area contributed by atoms with Crippen molar-refractivity contribution < 1.29 is 4.79 Å². The maximum Gasteiger partial charge on any atom is 0.233 e. The van der Waals surface area contributed by atoms with Crippen LogP contribution < -0.4 is 0 Å². The first-order valence-corrected chi connectivity index (χ1v) is 11.5. The summed E-state index contributed by atoms with van der Waals surface area (Å²) in [6, 6.07) is 4.38. The summed E-state index contributed by atoms with van der Waals surface area (Å²) in [6.07, 6.45) is 12.0. The third-order valence-corrected chi connectivity index (χ3v) is 6.79. The molecule has 2 aliphatic rings. The second-order valence-electron chi connectivity index (χ2n) is 8.09. The Morgan fingerprint density at radius 1 is 1.18 bits per heavy atom. The molecule has 1 aliphatic heterocycles. The zero-order valence-corrected chi connectivity index (χ0v) is 17.4. The summed E-state index contributed by atoms with van der Waals surface area (Å²) in [5, 5.41) is 9.83. The number of carbonyl (C=O) groups excluding carboxylic acids is 1. The second-order valence-corrected chi connectivity index (χ2v) is 9.03. The van der Waals surface area contributed by atoms with Gasteiger partial charge < -0.3 is 4.90 Å². The summed E-state index contributed by atoms with van der Waals surface area (Å²) < 4.78 is 2.27. The molecule has 0 radical (unpaired) electrons. The van der Waals surface area contributed by atoms with Gasteiger partial charge >= 0.3 is 0 Å². The minimum Gasteiger partial charge on any atom is -0.342 e. The van der Waals surface area contributed by atoms with Gasteiger partial charge in [-0.1, -0.05) is 37.9 Å². The van der Waals surface area contributed by atoms with E-state index in [0.29, 0.717) is 17.7 Å². The Morgan fingerprint density at radius 2 is 2.04 bits per heavy atom. The van der Waals surface area contributed by atoms with Gasteiger partial charge in [0.05, 0.1) is 5.75 Å². The highest BCUT2D eigenvalue weighted by Crippen LogP contribution is 2.35. The van der Waals surface area contributed by atoms with E-state index in [0.717, 1.165) is 48.9 Å². The van der Waals surface area contributed by atoms with Gasteiger partial charge in [0.2, 0.25) is 5.91 Å². The van der Waals surface area contributed by atoms with E-state index < -0.39 is 0 Å². The molecule has 1 aliphatic carbocycles. The number of aromatic nitrogens is 4. The van der Waals surface area contributed by atoms with Gasteiger partial charge in [0, 0.05) is 37.1 Å². The maximum atomic E-state index is 12.7. The molecule has 2 fully saturated rings. The highest BCUT2D eigenvalue weighted by Gasteiger charge is 2.26. The van der Waals surface area contributed by atoms with E-state index >= 15 is 0 Å². The van der Waals surface area contributed by atoms with Crippen LogP contribution in [0.3, 0.4) is 0 Å². The predicted octanol–water partition coefficient (Wildman–Crippen LogP) is 4.20. The van der Waals surface area contributed by atoms with Crippen LogP contribution in [0, 0.1) is 5.92 Å². The normalized spacial score (nSPS) is 21.0. The van der Waals surface area contributed by atoms with Crippen molar-refractivity contribution in [2.45, 2.75) is 63.1 Å². The van der Waals surface area contributed by atoms with E-state index in [1.54, 1.807) is 6.20 Å². The molecule has 1 atom stereocenters. The van der Waals surface area contributed by atoms with Gasteiger partial charge in [0.1, 0.15) is 0 Å². The molecule has 7 heteroatoms. The lowest BCUT2D eigenvalue weighted by molar-refractivity contribution is -0.130. The lowest BCUT2D eigenvalue weighted by Gasteiger charge is -2.31. The van der Waals surface area contributed by atoms with Crippen molar-refractivity contribution in [3.63, 3.8) is 0 Å². The van der Waals surface area contributed by atoms with Gasteiger partial charge in [0.25, 0.3) is 0 Å². The number of likely N-dealkylation sites (tertiary alicyclic amines) is 1. The molecule has 2 aromatic heterocycles. The number of piperidine rings is 1. The molecular weight excluding hydrogens is 370 g/mol. The van der Waals surface area contributed by atoms with E-state index in [4.69, 9.17) is 0 Å². The number of thioether (sulfide) groups is 1. The van der Waals surface area contributed by atoms with Crippen LogP contribution >= 0.6 is 11.8 Å². The maximum absolute atomic E-state index is 12.7. The molecule has 0 bridgehead atoms. The summed E-state index contributed by atoms with van der Waals surface area (Å²) in [5.74, 6) is 2.13. The Morgan fingerprint density at radius 3 is 2.79 bits per heavy atom. The summed E-state index contributed by atoms with van der Waals surface area (Å²) in [7, 11) is 0. The average molecular weight is 400 g/mol. The molecule has 2 aromatic rings. The van der Waals surface area contributed by atoms with Gasteiger partial charge in [-0.3, -0.25) is 14.3 Å². The molecule has 150 valence electrons. The molecule has 1 amide bonds. The molecule has 1 saturated heterocycles. The van der Waals surface area contributed by atoms with Crippen molar-refractivity contribution in [1.29, 1.82) is 0 Å². The lowest BCUT2D eigenvalue weighted by Crippen LogP contribution is -2.40. The standard InChI is InChI=1S/C21H29N5OS/c1-16-7-6-12-25(14-16)19(27)15-28-21-24-23-20(17-8-5-11-22-13-17)26(21)18-9-3-2-4-10-18/h5,8,11,13,16,18H,2-4,6-7,9-10,12,14-15H2,1H3/t16-/m1/s1. The second kappa shape index (κ2) is 9.07. The van der Waals surface area contributed by atoms with Crippen LogP contribution in [0.2, 0.25) is 0 Å². The monoisotopic (exact) mass is 399 g/mol. The molecule has 0 N–H and O–H groups in total. The first kappa shape index (κ1) is 19.4. The first-order chi connectivity index (χ1) is 13.7. The van der Waals surface area contributed by atoms with Crippen molar-refractivity contribution in [2.24, 2.45) is 5.92 Å². The molecule has 0 spiro atoms. The molecular formula is C21H29N5OS. The largest absolute Gasteiger partial charge is 0.342 e. The number of amides is 1. The van der Waals surface area contributed by atoms with Crippen molar-refractivity contribution in [2.75, 3.05) is 18.8 Å². The first-order valence-electron chi connectivity index (χ1n) is 10.5. The van der Waals surface area contributed by atoms with E-state index in [9.17, 15) is 4.79 Å². The molecule has 1 saturated carbocycles. The number of rotatable bonds is 5. The fourth-order valence-corrected chi connectivity index (χ4v) is 5.28. The van der Waals surface area contributed by atoms with Crippen LogP contribution in [0.25, 0.3) is 11.4 Å². The molecule has 0 aromatic carbocycles. The predicted molar refractivity (Wildman–Crippen MR) is 111 cm³/mol. The number of pyridine rings is 1. The Bertz CT molecular complexity index is 787. The topological polar surface area (TPSA) is 63.9 Å². The van der Waals surface area contributed by atoms with Crippen LogP contribution in [0.1, 0.15) is 57.9 Å². The van der Waals surface area contributed by atoms with E-state index in [-0.39, 0.29) is 5.91 Å². The quantitative estimate of drug-likeness (QED) is 0.705. The third kappa shape index (κ3) is 4.40. The minimum atomic E-state index is 0.220. The molecule has 6 nitrogen and oxygen atoms in total. The van der Waals surface area contributed by atoms with E-state index in [2.05, 4.69) is 26.7 Å². The number of hydrogen-bond acceptors (Lipinski definition) is 5.